The molecule has 1 aliphatic carbocycles. The van der Waals surface area contributed by atoms with Crippen molar-refractivity contribution in [2.24, 2.45) is 5.73 Å². The van der Waals surface area contributed by atoms with Gasteiger partial charge >= 0.3 is 0 Å². The topological polar surface area (TPSA) is 38.5 Å². The first-order valence-electron chi connectivity index (χ1n) is 7.33. The Labute approximate surface area is 106 Å². The minimum atomic E-state index is 0.518. The van der Waals surface area contributed by atoms with Crippen molar-refractivity contribution in [3.8, 4) is 0 Å². The number of likely N-dealkylation sites (tertiary alicyclic amines) is 1. The minimum Gasteiger partial charge on any atom is -0.381 e. The fourth-order valence-electron chi connectivity index (χ4n) is 3.62. The van der Waals surface area contributed by atoms with Crippen molar-refractivity contribution in [1.29, 1.82) is 0 Å². The molecule has 2 fully saturated rings. The van der Waals surface area contributed by atoms with E-state index in [9.17, 15) is 0 Å². The van der Waals surface area contributed by atoms with E-state index in [1.807, 2.05) is 7.11 Å². The van der Waals surface area contributed by atoms with E-state index in [2.05, 4.69) is 4.90 Å². The first kappa shape index (κ1) is 13.3. The lowest BCUT2D eigenvalue weighted by molar-refractivity contribution is 0.0144. The van der Waals surface area contributed by atoms with Gasteiger partial charge in [0.15, 0.2) is 0 Å². The molecule has 3 nitrogen and oxygen atoms in total. The summed E-state index contributed by atoms with van der Waals surface area (Å²) in [6.45, 7) is 2.14. The van der Waals surface area contributed by atoms with Crippen molar-refractivity contribution in [2.45, 2.75) is 69.6 Å². The molecule has 1 atom stereocenters. The molecule has 1 heterocycles. The first-order chi connectivity index (χ1) is 8.35. The monoisotopic (exact) mass is 240 g/mol. The zero-order valence-corrected chi connectivity index (χ0v) is 11.2. The van der Waals surface area contributed by atoms with Crippen LogP contribution in [0.2, 0.25) is 0 Å². The van der Waals surface area contributed by atoms with E-state index < -0.39 is 0 Å². The number of nitrogens with two attached hydrogens (primary N) is 1. The fraction of sp³-hybridized carbons (Fsp3) is 1.00. The minimum absolute atomic E-state index is 0.518. The molecule has 0 radical (unpaired) electrons. The predicted octanol–water partition coefficient (Wildman–Crippen LogP) is 2.15. The lowest BCUT2D eigenvalue weighted by atomic mass is 9.88. The van der Waals surface area contributed by atoms with Gasteiger partial charge in [0.1, 0.15) is 0 Å². The lowest BCUT2D eigenvalue weighted by Crippen LogP contribution is -2.48. The Hall–Kier alpha value is -0.120. The van der Waals surface area contributed by atoms with Gasteiger partial charge in [-0.05, 0) is 58.0 Å². The number of methoxy groups -OCH3 is 1. The molecule has 0 bridgehead atoms. The van der Waals surface area contributed by atoms with Crippen LogP contribution < -0.4 is 5.73 Å². The summed E-state index contributed by atoms with van der Waals surface area (Å²) in [6.07, 6.45) is 11.0. The molecule has 0 amide bonds. The molecule has 1 saturated carbocycles. The molecule has 0 aromatic carbocycles. The van der Waals surface area contributed by atoms with Crippen LogP contribution in [0.4, 0.5) is 0 Å². The van der Waals surface area contributed by atoms with Gasteiger partial charge in [0.25, 0.3) is 0 Å². The second-order valence-electron chi connectivity index (χ2n) is 5.63. The summed E-state index contributed by atoms with van der Waals surface area (Å²) < 4.78 is 5.46. The van der Waals surface area contributed by atoms with Crippen LogP contribution in [0.3, 0.4) is 0 Å². The van der Waals surface area contributed by atoms with Crippen LogP contribution >= 0.6 is 0 Å². The van der Waals surface area contributed by atoms with Crippen molar-refractivity contribution in [3.05, 3.63) is 0 Å². The van der Waals surface area contributed by atoms with Crippen LogP contribution in [0.25, 0.3) is 0 Å². The van der Waals surface area contributed by atoms with Gasteiger partial charge < -0.3 is 10.5 Å². The average Bonchev–Trinajstić information content (AvgIpc) is 2.40. The van der Waals surface area contributed by atoms with Gasteiger partial charge in [-0.15, -0.1) is 0 Å². The Morgan fingerprint density at radius 2 is 1.88 bits per heavy atom. The Bertz CT molecular complexity index is 212. The van der Waals surface area contributed by atoms with E-state index >= 15 is 0 Å². The van der Waals surface area contributed by atoms with Crippen LogP contribution in [-0.2, 0) is 4.74 Å². The maximum absolute atomic E-state index is 5.75. The van der Waals surface area contributed by atoms with E-state index in [1.54, 1.807) is 0 Å². The quantitative estimate of drug-likeness (QED) is 0.818. The summed E-state index contributed by atoms with van der Waals surface area (Å²) in [4.78, 5) is 2.77. The van der Waals surface area contributed by atoms with Gasteiger partial charge in [0, 0.05) is 19.2 Å². The molecule has 2 N–H and O–H groups in total. The van der Waals surface area contributed by atoms with E-state index in [0.717, 1.165) is 18.6 Å². The first-order valence-corrected chi connectivity index (χ1v) is 7.33. The van der Waals surface area contributed by atoms with Gasteiger partial charge in [0.2, 0.25) is 0 Å². The number of ether oxygens (including phenoxy) is 1. The maximum atomic E-state index is 5.75. The SMILES string of the molecule is COC1CCC(N2CCCCC2CCN)CC1. The molecule has 2 rings (SSSR count). The predicted molar refractivity (Wildman–Crippen MR) is 71.1 cm³/mol. The standard InChI is InChI=1S/C14H28N2O/c1-17-14-7-5-13(6-8-14)16-11-3-2-4-12(16)9-10-15/h12-14H,2-11,15H2,1H3. The third-order valence-corrected chi connectivity index (χ3v) is 4.62. The Balaban J connectivity index is 1.86. The molecule has 1 unspecified atom stereocenters. The number of nitrogens with zero attached hydrogens (tertiary/aromatic N) is 1. The Kier molecular flexibility index (Phi) is 5.26. The third kappa shape index (κ3) is 3.43. The zero-order chi connectivity index (χ0) is 12.1. The van der Waals surface area contributed by atoms with Gasteiger partial charge in [-0.25, -0.2) is 0 Å². The highest BCUT2D eigenvalue weighted by molar-refractivity contribution is 4.86. The molecule has 3 heteroatoms. The van der Waals surface area contributed by atoms with Crippen molar-refractivity contribution in [3.63, 3.8) is 0 Å². The number of hydrogen-bond donors (Lipinski definition) is 1. The van der Waals surface area contributed by atoms with Gasteiger partial charge in [0.05, 0.1) is 6.10 Å². The highest BCUT2D eigenvalue weighted by Crippen LogP contribution is 2.30. The van der Waals surface area contributed by atoms with Crippen molar-refractivity contribution in [1.82, 2.24) is 4.90 Å². The van der Waals surface area contributed by atoms with Crippen molar-refractivity contribution in [2.75, 3.05) is 20.2 Å². The largest absolute Gasteiger partial charge is 0.381 e. The average molecular weight is 240 g/mol. The Morgan fingerprint density at radius 3 is 2.53 bits per heavy atom. The van der Waals surface area contributed by atoms with E-state index in [0.29, 0.717) is 6.10 Å². The molecule has 1 aliphatic heterocycles. The van der Waals surface area contributed by atoms with E-state index in [-0.39, 0.29) is 0 Å². The molecule has 17 heavy (non-hydrogen) atoms. The summed E-state index contributed by atoms with van der Waals surface area (Å²) >= 11 is 0. The third-order valence-electron chi connectivity index (χ3n) is 4.62. The van der Waals surface area contributed by atoms with Crippen molar-refractivity contribution < 1.29 is 4.74 Å². The van der Waals surface area contributed by atoms with Crippen LogP contribution in [0, 0.1) is 0 Å². The molecular weight excluding hydrogens is 212 g/mol. The van der Waals surface area contributed by atoms with Crippen molar-refractivity contribution >= 4 is 0 Å². The molecule has 0 spiro atoms. The van der Waals surface area contributed by atoms with Crippen LogP contribution in [0.15, 0.2) is 0 Å². The lowest BCUT2D eigenvalue weighted by Gasteiger charge is -2.43. The normalized spacial score (nSPS) is 36.0. The molecular formula is C14H28N2O. The zero-order valence-electron chi connectivity index (χ0n) is 11.2. The number of piperidine rings is 1. The summed E-state index contributed by atoms with van der Waals surface area (Å²) in [7, 11) is 1.85. The van der Waals surface area contributed by atoms with Gasteiger partial charge in [-0.2, -0.15) is 0 Å². The maximum Gasteiger partial charge on any atom is 0.0572 e. The van der Waals surface area contributed by atoms with Crippen LogP contribution in [0.1, 0.15) is 51.4 Å². The highest BCUT2D eigenvalue weighted by atomic mass is 16.5. The second-order valence-corrected chi connectivity index (χ2v) is 5.63. The number of rotatable bonds is 4. The Morgan fingerprint density at radius 1 is 1.12 bits per heavy atom. The van der Waals surface area contributed by atoms with Gasteiger partial charge in [-0.3, -0.25) is 4.90 Å². The summed E-state index contributed by atoms with van der Waals surface area (Å²) in [6, 6.07) is 1.57. The smallest absolute Gasteiger partial charge is 0.0572 e. The van der Waals surface area contributed by atoms with Gasteiger partial charge in [-0.1, -0.05) is 6.42 Å². The summed E-state index contributed by atoms with van der Waals surface area (Å²) in [5.74, 6) is 0. The second kappa shape index (κ2) is 6.72. The van der Waals surface area contributed by atoms with Crippen LogP contribution in [0.5, 0.6) is 0 Å². The summed E-state index contributed by atoms with van der Waals surface area (Å²) in [5.41, 5.74) is 5.75. The highest BCUT2D eigenvalue weighted by Gasteiger charge is 2.31. The molecule has 2 aliphatic rings. The van der Waals surface area contributed by atoms with E-state index in [4.69, 9.17) is 10.5 Å². The number of hydrogen-bond acceptors (Lipinski definition) is 3. The molecule has 1 saturated heterocycles. The molecule has 0 aromatic heterocycles. The van der Waals surface area contributed by atoms with E-state index in [1.165, 1.54) is 57.9 Å². The van der Waals surface area contributed by atoms with Crippen LogP contribution in [-0.4, -0.2) is 43.3 Å². The molecule has 0 aromatic rings. The molecule has 100 valence electrons. The fourth-order valence-corrected chi connectivity index (χ4v) is 3.62. The summed E-state index contributed by atoms with van der Waals surface area (Å²) in [5, 5.41) is 0.